The zero-order valence-corrected chi connectivity index (χ0v) is 17.7. The molecule has 1 amide bonds. The van der Waals surface area contributed by atoms with Crippen molar-refractivity contribution in [1.82, 2.24) is 24.9 Å². The molecule has 4 heterocycles. The molecule has 2 aromatic heterocycles. The Morgan fingerprint density at radius 2 is 2.16 bits per heavy atom. The van der Waals surface area contributed by atoms with Gasteiger partial charge in [0.15, 0.2) is 5.65 Å². The number of hydrogen-bond acceptors (Lipinski definition) is 7. The number of amides is 1. The molecule has 3 aromatic rings. The van der Waals surface area contributed by atoms with Gasteiger partial charge in [-0.1, -0.05) is 30.3 Å². The summed E-state index contributed by atoms with van der Waals surface area (Å²) in [7, 11) is 0. The molecule has 0 aliphatic carbocycles. The van der Waals surface area contributed by atoms with Crippen LogP contribution in [0.5, 0.6) is 0 Å². The minimum absolute atomic E-state index is 0.0405. The van der Waals surface area contributed by atoms with Crippen LogP contribution < -0.4 is 15.5 Å². The lowest BCUT2D eigenvalue weighted by atomic mass is 10.1. The molecule has 166 valence electrons. The highest BCUT2D eigenvalue weighted by Gasteiger charge is 2.27. The summed E-state index contributed by atoms with van der Waals surface area (Å²) in [6.45, 7) is 3.24. The number of nitrogens with one attached hydrogen (secondary N) is 2. The van der Waals surface area contributed by atoms with Crippen molar-refractivity contribution >= 4 is 29.5 Å². The number of hydrogen-bond donors (Lipinski definition) is 2. The van der Waals surface area contributed by atoms with Crippen LogP contribution in [0.1, 0.15) is 30.5 Å². The SMILES string of the molecule is CC(Nc1nc(N2CCC(F)C2)n2ncc(/C=C3\COCNC3=O)c2n1)c1ccccc1. The highest BCUT2D eigenvalue weighted by molar-refractivity contribution is 5.99. The normalized spacial score (nSPS) is 21.2. The highest BCUT2D eigenvalue weighted by atomic mass is 19.1. The molecule has 0 radical (unpaired) electrons. The summed E-state index contributed by atoms with van der Waals surface area (Å²) in [6, 6.07) is 9.94. The molecule has 2 saturated heterocycles. The molecule has 0 spiro atoms. The van der Waals surface area contributed by atoms with E-state index >= 15 is 0 Å². The first-order chi connectivity index (χ1) is 15.6. The summed E-state index contributed by atoms with van der Waals surface area (Å²) < 4.78 is 20.9. The predicted molar refractivity (Wildman–Crippen MR) is 118 cm³/mol. The van der Waals surface area contributed by atoms with Gasteiger partial charge in [0.1, 0.15) is 12.9 Å². The number of nitrogens with zero attached hydrogens (tertiary/aromatic N) is 5. The van der Waals surface area contributed by atoms with Gasteiger partial charge in [0.05, 0.1) is 25.4 Å². The van der Waals surface area contributed by atoms with Gasteiger partial charge in [-0.05, 0) is 25.0 Å². The van der Waals surface area contributed by atoms with Crippen molar-refractivity contribution in [1.29, 1.82) is 0 Å². The standard InChI is InChI=1S/C22H24FN7O2/c1-14(15-5-3-2-4-6-15)26-21-27-19-16(9-17-12-32-13-24-20(17)31)10-25-30(19)22(28-21)29-8-7-18(23)11-29/h2-6,9-10,14,18H,7-8,11-13H2,1H3,(H,24,31)(H,26,27)/b17-9+. The van der Waals surface area contributed by atoms with Crippen LogP contribution in [-0.4, -0.2) is 58.1 Å². The summed E-state index contributed by atoms with van der Waals surface area (Å²) in [6.07, 6.45) is 2.90. The Morgan fingerprint density at radius 1 is 1.31 bits per heavy atom. The molecule has 10 heteroatoms. The highest BCUT2D eigenvalue weighted by Crippen LogP contribution is 2.26. The van der Waals surface area contributed by atoms with Gasteiger partial charge in [0.25, 0.3) is 5.91 Å². The molecule has 5 rings (SSSR count). The van der Waals surface area contributed by atoms with E-state index < -0.39 is 6.17 Å². The Bertz CT molecular complexity index is 1160. The van der Waals surface area contributed by atoms with Gasteiger partial charge in [-0.3, -0.25) is 4.79 Å². The molecule has 0 saturated carbocycles. The zero-order chi connectivity index (χ0) is 22.1. The number of anilines is 2. The monoisotopic (exact) mass is 437 g/mol. The second-order valence-corrected chi connectivity index (χ2v) is 7.96. The van der Waals surface area contributed by atoms with E-state index in [-0.39, 0.29) is 31.8 Å². The van der Waals surface area contributed by atoms with Crippen molar-refractivity contribution in [3.8, 4) is 0 Å². The van der Waals surface area contributed by atoms with Crippen LogP contribution in [0, 0.1) is 0 Å². The van der Waals surface area contributed by atoms with Crippen molar-refractivity contribution in [3.63, 3.8) is 0 Å². The fourth-order valence-electron chi connectivity index (χ4n) is 3.92. The maximum atomic E-state index is 14.0. The quantitative estimate of drug-likeness (QED) is 0.592. The van der Waals surface area contributed by atoms with Crippen molar-refractivity contribution in [2.24, 2.45) is 0 Å². The van der Waals surface area contributed by atoms with Crippen LogP contribution in [0.25, 0.3) is 11.7 Å². The second-order valence-electron chi connectivity index (χ2n) is 7.96. The number of aromatic nitrogens is 4. The van der Waals surface area contributed by atoms with Gasteiger partial charge in [0.2, 0.25) is 11.9 Å². The van der Waals surface area contributed by atoms with Crippen LogP contribution in [-0.2, 0) is 9.53 Å². The van der Waals surface area contributed by atoms with E-state index in [4.69, 9.17) is 4.74 Å². The van der Waals surface area contributed by atoms with E-state index in [1.807, 2.05) is 42.2 Å². The summed E-state index contributed by atoms with van der Waals surface area (Å²) in [5.74, 6) is 0.753. The minimum atomic E-state index is -0.903. The lowest BCUT2D eigenvalue weighted by Crippen LogP contribution is -2.34. The zero-order valence-electron chi connectivity index (χ0n) is 17.7. The van der Waals surface area contributed by atoms with Crippen LogP contribution in [0.15, 0.2) is 42.1 Å². The lowest BCUT2D eigenvalue weighted by molar-refractivity contribution is -0.122. The van der Waals surface area contributed by atoms with Crippen LogP contribution in [0.3, 0.4) is 0 Å². The van der Waals surface area contributed by atoms with Gasteiger partial charge in [0, 0.05) is 17.7 Å². The van der Waals surface area contributed by atoms with Crippen LogP contribution in [0.4, 0.5) is 16.3 Å². The van der Waals surface area contributed by atoms with E-state index in [0.29, 0.717) is 41.6 Å². The first kappa shape index (κ1) is 20.4. The molecular formula is C22H24FN7O2. The molecule has 2 fully saturated rings. The number of alkyl halides is 1. The van der Waals surface area contributed by atoms with E-state index in [1.54, 1.807) is 16.8 Å². The van der Waals surface area contributed by atoms with E-state index in [9.17, 15) is 9.18 Å². The molecular weight excluding hydrogens is 413 g/mol. The molecule has 9 nitrogen and oxygen atoms in total. The van der Waals surface area contributed by atoms with E-state index in [2.05, 4.69) is 25.7 Å². The number of benzene rings is 1. The van der Waals surface area contributed by atoms with Crippen molar-refractivity contribution in [2.45, 2.75) is 25.6 Å². The molecule has 2 unspecified atom stereocenters. The van der Waals surface area contributed by atoms with Crippen LogP contribution >= 0.6 is 0 Å². The largest absolute Gasteiger partial charge is 0.356 e. The molecule has 2 atom stereocenters. The van der Waals surface area contributed by atoms with E-state index in [0.717, 1.165) is 5.56 Å². The number of carbonyl (C=O) groups excluding carboxylic acids is 1. The van der Waals surface area contributed by atoms with Crippen LogP contribution in [0.2, 0.25) is 0 Å². The molecule has 32 heavy (non-hydrogen) atoms. The van der Waals surface area contributed by atoms with Gasteiger partial charge < -0.3 is 20.3 Å². The summed E-state index contributed by atoms with van der Waals surface area (Å²) in [5, 5.41) is 10.4. The Balaban J connectivity index is 1.56. The van der Waals surface area contributed by atoms with Gasteiger partial charge >= 0.3 is 0 Å². The lowest BCUT2D eigenvalue weighted by Gasteiger charge is -2.20. The first-order valence-corrected chi connectivity index (χ1v) is 10.6. The number of carbonyl (C=O) groups is 1. The Hall–Kier alpha value is -3.53. The molecule has 2 N–H and O–H groups in total. The van der Waals surface area contributed by atoms with Gasteiger partial charge in [-0.2, -0.15) is 19.6 Å². The number of rotatable bonds is 5. The van der Waals surface area contributed by atoms with E-state index in [1.165, 1.54) is 0 Å². The van der Waals surface area contributed by atoms with Gasteiger partial charge in [-0.15, -0.1) is 0 Å². The third-order valence-corrected chi connectivity index (χ3v) is 5.65. The Kier molecular flexibility index (Phi) is 5.44. The summed E-state index contributed by atoms with van der Waals surface area (Å²) in [5.41, 5.74) is 2.78. The fraction of sp³-hybridized carbons (Fsp3) is 0.364. The Labute approximate surface area is 184 Å². The summed E-state index contributed by atoms with van der Waals surface area (Å²) >= 11 is 0. The number of fused-ring (bicyclic) bond motifs is 1. The minimum Gasteiger partial charge on any atom is -0.356 e. The maximum absolute atomic E-state index is 14.0. The second kappa shape index (κ2) is 8.54. The van der Waals surface area contributed by atoms with Crippen molar-refractivity contribution in [3.05, 3.63) is 53.2 Å². The third-order valence-electron chi connectivity index (χ3n) is 5.65. The average molecular weight is 437 g/mol. The summed E-state index contributed by atoms with van der Waals surface area (Å²) in [4.78, 5) is 23.4. The third kappa shape index (κ3) is 4.01. The van der Waals surface area contributed by atoms with Crippen molar-refractivity contribution < 1.29 is 13.9 Å². The molecule has 1 aromatic carbocycles. The smallest absolute Gasteiger partial charge is 0.251 e. The molecule has 0 bridgehead atoms. The van der Waals surface area contributed by atoms with Gasteiger partial charge in [-0.25, -0.2) is 4.39 Å². The van der Waals surface area contributed by atoms with Crippen molar-refractivity contribution in [2.75, 3.05) is 36.6 Å². The number of halogens is 1. The predicted octanol–water partition coefficient (Wildman–Crippen LogP) is 2.33. The molecule has 2 aliphatic rings. The average Bonchev–Trinajstić information content (AvgIpc) is 3.42. The number of ether oxygens (including phenoxy) is 1. The topological polar surface area (TPSA) is 96.7 Å². The Morgan fingerprint density at radius 3 is 2.91 bits per heavy atom. The first-order valence-electron chi connectivity index (χ1n) is 10.6. The maximum Gasteiger partial charge on any atom is 0.251 e. The molecule has 2 aliphatic heterocycles. The fourth-order valence-corrected chi connectivity index (χ4v) is 3.92.